The van der Waals surface area contributed by atoms with Gasteiger partial charge in [-0.2, -0.15) is 4.31 Å². The zero-order chi connectivity index (χ0) is 20.9. The number of nitrogens with one attached hydrogen (secondary N) is 1. The Morgan fingerprint density at radius 2 is 1.79 bits per heavy atom. The highest BCUT2D eigenvalue weighted by Gasteiger charge is 2.27. The van der Waals surface area contributed by atoms with Crippen molar-refractivity contribution in [3.8, 4) is 0 Å². The van der Waals surface area contributed by atoms with Crippen molar-refractivity contribution in [1.29, 1.82) is 0 Å². The van der Waals surface area contributed by atoms with Crippen molar-refractivity contribution >= 4 is 21.9 Å². The molecular weight excluding hydrogens is 392 g/mol. The number of hydrogen-bond donors (Lipinski definition) is 1. The van der Waals surface area contributed by atoms with E-state index < -0.39 is 28.5 Å². The fraction of sp³-hybridized carbons (Fsp3) is 0.333. The van der Waals surface area contributed by atoms with Crippen LogP contribution < -0.4 is 5.32 Å². The first-order valence-electron chi connectivity index (χ1n) is 9.46. The van der Waals surface area contributed by atoms with Gasteiger partial charge in [0, 0.05) is 19.6 Å². The van der Waals surface area contributed by atoms with Gasteiger partial charge >= 0.3 is 5.97 Å². The van der Waals surface area contributed by atoms with E-state index in [1.807, 2.05) is 31.2 Å². The van der Waals surface area contributed by atoms with Crippen LogP contribution in [0, 0.1) is 6.92 Å². The van der Waals surface area contributed by atoms with Crippen molar-refractivity contribution in [2.45, 2.75) is 31.2 Å². The minimum absolute atomic E-state index is 0.0536. The zero-order valence-corrected chi connectivity index (χ0v) is 17.1. The molecule has 154 valence electrons. The van der Waals surface area contributed by atoms with Gasteiger partial charge in [0.05, 0.1) is 10.5 Å². The lowest BCUT2D eigenvalue weighted by Crippen LogP contribution is -2.29. The van der Waals surface area contributed by atoms with E-state index in [-0.39, 0.29) is 10.5 Å². The van der Waals surface area contributed by atoms with Gasteiger partial charge in [0.1, 0.15) is 0 Å². The molecule has 0 aromatic heterocycles. The Labute approximate surface area is 170 Å². The van der Waals surface area contributed by atoms with Crippen LogP contribution in [-0.2, 0) is 26.1 Å². The molecule has 8 heteroatoms. The molecule has 1 aliphatic heterocycles. The van der Waals surface area contributed by atoms with Crippen molar-refractivity contribution in [1.82, 2.24) is 9.62 Å². The molecule has 2 aromatic rings. The van der Waals surface area contributed by atoms with E-state index in [2.05, 4.69) is 5.32 Å². The van der Waals surface area contributed by atoms with Gasteiger partial charge < -0.3 is 10.1 Å². The highest BCUT2D eigenvalue weighted by atomic mass is 32.2. The molecular formula is C21H24N2O5S. The van der Waals surface area contributed by atoms with Gasteiger partial charge in [-0.1, -0.05) is 30.3 Å². The lowest BCUT2D eigenvalue weighted by Gasteiger charge is -2.15. The predicted molar refractivity (Wildman–Crippen MR) is 108 cm³/mol. The molecule has 7 nitrogen and oxygen atoms in total. The van der Waals surface area contributed by atoms with Gasteiger partial charge in [-0.25, -0.2) is 13.2 Å². The molecule has 0 atom stereocenters. The zero-order valence-electron chi connectivity index (χ0n) is 16.3. The van der Waals surface area contributed by atoms with Crippen LogP contribution in [0.1, 0.15) is 34.3 Å². The number of nitrogens with zero attached hydrogens (tertiary/aromatic N) is 1. The van der Waals surface area contributed by atoms with E-state index in [9.17, 15) is 18.0 Å². The second kappa shape index (κ2) is 9.19. The van der Waals surface area contributed by atoms with Crippen molar-refractivity contribution in [3.63, 3.8) is 0 Å². The van der Waals surface area contributed by atoms with E-state index >= 15 is 0 Å². The highest BCUT2D eigenvalue weighted by Crippen LogP contribution is 2.21. The minimum atomic E-state index is -3.62. The summed E-state index contributed by atoms with van der Waals surface area (Å²) in [5.41, 5.74) is 2.13. The van der Waals surface area contributed by atoms with Crippen LogP contribution in [0.2, 0.25) is 0 Å². The third-order valence-electron chi connectivity index (χ3n) is 4.84. The van der Waals surface area contributed by atoms with Gasteiger partial charge in [0.2, 0.25) is 10.0 Å². The average Bonchev–Trinajstić information content (AvgIpc) is 3.27. The summed E-state index contributed by atoms with van der Waals surface area (Å²) in [7, 11) is -3.62. The maximum absolute atomic E-state index is 12.6. The molecule has 1 fully saturated rings. The quantitative estimate of drug-likeness (QED) is 0.699. The summed E-state index contributed by atoms with van der Waals surface area (Å²) in [6.07, 6.45) is 1.66. The summed E-state index contributed by atoms with van der Waals surface area (Å²) in [4.78, 5) is 24.3. The Kier molecular flexibility index (Phi) is 6.66. The van der Waals surface area contributed by atoms with E-state index in [4.69, 9.17) is 4.74 Å². The van der Waals surface area contributed by atoms with Gasteiger partial charge in [-0.15, -0.1) is 0 Å². The molecule has 29 heavy (non-hydrogen) atoms. The first-order chi connectivity index (χ1) is 13.9. The molecule has 1 heterocycles. The van der Waals surface area contributed by atoms with E-state index in [0.29, 0.717) is 19.6 Å². The summed E-state index contributed by atoms with van der Waals surface area (Å²) in [6.45, 7) is 2.82. The fourth-order valence-electron chi connectivity index (χ4n) is 3.13. The smallest absolute Gasteiger partial charge is 0.338 e. The number of esters is 1. The third-order valence-corrected chi connectivity index (χ3v) is 6.74. The summed E-state index contributed by atoms with van der Waals surface area (Å²) in [5, 5.41) is 2.70. The monoisotopic (exact) mass is 416 g/mol. The fourth-order valence-corrected chi connectivity index (χ4v) is 4.69. The molecule has 0 radical (unpaired) electrons. The molecule has 0 bridgehead atoms. The molecule has 1 amide bonds. The lowest BCUT2D eigenvalue weighted by molar-refractivity contribution is -0.124. The molecule has 1 aliphatic rings. The maximum Gasteiger partial charge on any atom is 0.338 e. The highest BCUT2D eigenvalue weighted by molar-refractivity contribution is 7.89. The SMILES string of the molecule is Cc1ccccc1CNC(=O)COC(=O)c1cccc(S(=O)(=O)N2CCCC2)c1. The lowest BCUT2D eigenvalue weighted by atomic mass is 10.1. The number of sulfonamides is 1. The van der Waals surface area contributed by atoms with Gasteiger partial charge in [-0.3, -0.25) is 4.79 Å². The summed E-state index contributed by atoms with van der Waals surface area (Å²) < 4.78 is 31.7. The molecule has 0 saturated carbocycles. The number of ether oxygens (including phenoxy) is 1. The molecule has 2 aromatic carbocycles. The number of rotatable bonds is 7. The molecule has 0 aliphatic carbocycles. The first kappa shape index (κ1) is 21.0. The van der Waals surface area contributed by atoms with Crippen LogP contribution in [0.25, 0.3) is 0 Å². The number of carbonyl (C=O) groups excluding carboxylic acids is 2. The van der Waals surface area contributed by atoms with Crippen molar-refractivity contribution < 1.29 is 22.7 Å². The van der Waals surface area contributed by atoms with Crippen LogP contribution in [0.15, 0.2) is 53.4 Å². The maximum atomic E-state index is 12.6. The Morgan fingerprint density at radius 3 is 2.52 bits per heavy atom. The molecule has 1 saturated heterocycles. The van der Waals surface area contributed by atoms with Crippen molar-refractivity contribution in [2.75, 3.05) is 19.7 Å². The van der Waals surface area contributed by atoms with Gasteiger partial charge in [0.25, 0.3) is 5.91 Å². The molecule has 0 spiro atoms. The number of aryl methyl sites for hydroxylation is 1. The molecule has 3 rings (SSSR count). The Morgan fingerprint density at radius 1 is 1.07 bits per heavy atom. The second-order valence-electron chi connectivity index (χ2n) is 6.92. The van der Waals surface area contributed by atoms with Crippen molar-refractivity contribution in [2.24, 2.45) is 0 Å². The second-order valence-corrected chi connectivity index (χ2v) is 8.86. The standard InChI is InChI=1S/C21H24N2O5S/c1-16-7-2-3-8-18(16)14-22-20(24)15-28-21(25)17-9-6-10-19(13-17)29(26,27)23-11-4-5-12-23/h2-3,6-10,13H,4-5,11-12,14-15H2,1H3,(H,22,24). The topological polar surface area (TPSA) is 92.8 Å². The number of amides is 1. The van der Waals surface area contributed by atoms with E-state index in [0.717, 1.165) is 24.0 Å². The van der Waals surface area contributed by atoms with Gasteiger partial charge in [0.15, 0.2) is 6.61 Å². The largest absolute Gasteiger partial charge is 0.452 e. The number of benzene rings is 2. The summed E-state index contributed by atoms with van der Waals surface area (Å²) in [6, 6.07) is 13.4. The Balaban J connectivity index is 1.57. The summed E-state index contributed by atoms with van der Waals surface area (Å²) >= 11 is 0. The third kappa shape index (κ3) is 5.21. The Hall–Kier alpha value is -2.71. The van der Waals surface area contributed by atoms with Crippen LogP contribution in [0.3, 0.4) is 0 Å². The molecule has 1 N–H and O–H groups in total. The predicted octanol–water partition coefficient (Wildman–Crippen LogP) is 2.25. The summed E-state index contributed by atoms with van der Waals surface area (Å²) in [5.74, 6) is -1.17. The Bertz CT molecular complexity index is 998. The van der Waals surface area contributed by atoms with Crippen LogP contribution in [0.4, 0.5) is 0 Å². The average molecular weight is 416 g/mol. The van der Waals surface area contributed by atoms with Crippen LogP contribution in [-0.4, -0.2) is 44.3 Å². The van der Waals surface area contributed by atoms with E-state index in [1.54, 1.807) is 0 Å². The van der Waals surface area contributed by atoms with Gasteiger partial charge in [-0.05, 0) is 49.1 Å². The van der Waals surface area contributed by atoms with Crippen LogP contribution in [0.5, 0.6) is 0 Å². The molecule has 0 unspecified atom stereocenters. The van der Waals surface area contributed by atoms with E-state index in [1.165, 1.54) is 28.6 Å². The minimum Gasteiger partial charge on any atom is -0.452 e. The van der Waals surface area contributed by atoms with Crippen LogP contribution >= 0.6 is 0 Å². The number of hydrogen-bond acceptors (Lipinski definition) is 5. The van der Waals surface area contributed by atoms with Crippen molar-refractivity contribution in [3.05, 3.63) is 65.2 Å². The number of carbonyl (C=O) groups is 2. The first-order valence-corrected chi connectivity index (χ1v) is 10.9. The normalized spacial score (nSPS) is 14.5.